The van der Waals surface area contributed by atoms with Gasteiger partial charge in [-0.05, 0) is 57.4 Å². The van der Waals surface area contributed by atoms with Crippen LogP contribution in [0.25, 0.3) is 0 Å². The molecule has 5 heteroatoms. The van der Waals surface area contributed by atoms with E-state index in [0.29, 0.717) is 23.9 Å². The number of ether oxygens (including phenoxy) is 1. The van der Waals surface area contributed by atoms with Crippen LogP contribution in [0.5, 0.6) is 0 Å². The summed E-state index contributed by atoms with van der Waals surface area (Å²) in [6.07, 6.45) is 6.44. The van der Waals surface area contributed by atoms with E-state index in [2.05, 4.69) is 11.9 Å². The lowest BCUT2D eigenvalue weighted by Crippen LogP contribution is -2.52. The summed E-state index contributed by atoms with van der Waals surface area (Å²) in [6, 6.07) is 0.979. The molecule has 0 spiro atoms. The number of halogens is 2. The van der Waals surface area contributed by atoms with E-state index in [0.717, 1.165) is 32.1 Å². The van der Waals surface area contributed by atoms with Crippen LogP contribution >= 0.6 is 23.2 Å². The van der Waals surface area contributed by atoms with Crippen LogP contribution in [-0.4, -0.2) is 47.9 Å². The third-order valence-electron chi connectivity index (χ3n) is 6.13. The Labute approximate surface area is 137 Å². The molecule has 0 aromatic carbocycles. The average Bonchev–Trinajstić information content (AvgIpc) is 2.72. The Kier molecular flexibility index (Phi) is 4.73. The van der Waals surface area contributed by atoms with Crippen molar-refractivity contribution in [2.45, 2.75) is 61.4 Å². The van der Waals surface area contributed by atoms with Gasteiger partial charge >= 0.3 is 5.97 Å². The molecule has 2 saturated heterocycles. The van der Waals surface area contributed by atoms with Gasteiger partial charge in [0, 0.05) is 17.5 Å². The highest BCUT2D eigenvalue weighted by Crippen LogP contribution is 2.49. The zero-order valence-electron chi connectivity index (χ0n) is 12.8. The fourth-order valence-electron chi connectivity index (χ4n) is 4.96. The summed E-state index contributed by atoms with van der Waals surface area (Å²) in [6.45, 7) is 0. The van der Waals surface area contributed by atoms with Crippen LogP contribution in [0.15, 0.2) is 0 Å². The second kappa shape index (κ2) is 6.25. The lowest BCUT2D eigenvalue weighted by molar-refractivity contribution is -0.154. The average molecular weight is 334 g/mol. The number of carbonyl (C=O) groups excluding carboxylic acids is 1. The van der Waals surface area contributed by atoms with Crippen LogP contribution in [0, 0.1) is 17.8 Å². The summed E-state index contributed by atoms with van der Waals surface area (Å²) in [5.74, 6) is 0.913. The summed E-state index contributed by atoms with van der Waals surface area (Å²) in [5.41, 5.74) is 0. The van der Waals surface area contributed by atoms with Crippen molar-refractivity contribution >= 4 is 29.2 Å². The predicted octanol–water partition coefficient (Wildman–Crippen LogP) is 3.27. The molecule has 2 heterocycles. The van der Waals surface area contributed by atoms with Gasteiger partial charge in [0.1, 0.15) is 0 Å². The van der Waals surface area contributed by atoms with E-state index in [-0.39, 0.29) is 22.6 Å². The molecule has 0 N–H and O–H groups in total. The number of alkyl halides is 2. The first-order valence-corrected chi connectivity index (χ1v) is 8.98. The largest absolute Gasteiger partial charge is 0.469 e. The van der Waals surface area contributed by atoms with Crippen LogP contribution < -0.4 is 0 Å². The lowest BCUT2D eigenvalue weighted by Gasteiger charge is -2.46. The second-order valence-electron chi connectivity index (χ2n) is 7.02. The van der Waals surface area contributed by atoms with Gasteiger partial charge in [0.05, 0.1) is 18.4 Å². The number of esters is 1. The number of piperidine rings is 1. The molecule has 3 rings (SSSR count). The quantitative estimate of drug-likeness (QED) is 0.573. The van der Waals surface area contributed by atoms with Gasteiger partial charge in [-0.1, -0.05) is 0 Å². The van der Waals surface area contributed by atoms with Gasteiger partial charge in [-0.15, -0.1) is 23.2 Å². The van der Waals surface area contributed by atoms with Crippen LogP contribution in [0.2, 0.25) is 0 Å². The standard InChI is InChI=1S/C16H25Cl2NO2/c1-19-10-4-6-14(19)15(16(20)21-2)11(8-10)9-3-5-12(17)13(18)7-9/h9-15H,3-8H2,1-2H3/t9?,10?,11-,12?,13?,14?,15?/m1/s1. The van der Waals surface area contributed by atoms with Gasteiger partial charge in [0.15, 0.2) is 0 Å². The Morgan fingerprint density at radius 2 is 1.86 bits per heavy atom. The van der Waals surface area contributed by atoms with Crippen molar-refractivity contribution in [1.82, 2.24) is 4.90 Å². The topological polar surface area (TPSA) is 29.5 Å². The molecule has 3 fully saturated rings. The summed E-state index contributed by atoms with van der Waals surface area (Å²) in [7, 11) is 3.68. The van der Waals surface area contributed by atoms with Gasteiger partial charge in [0.2, 0.25) is 0 Å². The number of rotatable bonds is 2. The molecule has 3 nitrogen and oxygen atoms in total. The number of fused-ring (bicyclic) bond motifs is 2. The van der Waals surface area contributed by atoms with E-state index in [1.807, 2.05) is 0 Å². The minimum Gasteiger partial charge on any atom is -0.469 e. The van der Waals surface area contributed by atoms with E-state index < -0.39 is 0 Å². The zero-order chi connectivity index (χ0) is 15.1. The van der Waals surface area contributed by atoms with Gasteiger partial charge in [-0.2, -0.15) is 0 Å². The fourth-order valence-corrected chi connectivity index (χ4v) is 5.54. The molecule has 6 unspecified atom stereocenters. The minimum absolute atomic E-state index is 0.0134. The Hall–Kier alpha value is 0.01000. The van der Waals surface area contributed by atoms with Gasteiger partial charge in [-0.3, -0.25) is 9.69 Å². The Balaban J connectivity index is 1.80. The first-order chi connectivity index (χ1) is 10.0. The molecule has 2 aliphatic heterocycles. The molecule has 21 heavy (non-hydrogen) atoms. The van der Waals surface area contributed by atoms with Crippen molar-refractivity contribution in [2.24, 2.45) is 17.8 Å². The maximum Gasteiger partial charge on any atom is 0.310 e. The van der Waals surface area contributed by atoms with Crippen molar-refractivity contribution in [2.75, 3.05) is 14.2 Å². The van der Waals surface area contributed by atoms with E-state index in [1.165, 1.54) is 13.5 Å². The lowest BCUT2D eigenvalue weighted by atomic mass is 9.68. The molecule has 1 saturated carbocycles. The maximum absolute atomic E-state index is 12.4. The second-order valence-corrected chi connectivity index (χ2v) is 8.14. The van der Waals surface area contributed by atoms with Gasteiger partial charge in [-0.25, -0.2) is 0 Å². The number of hydrogen-bond donors (Lipinski definition) is 0. The molecule has 7 atom stereocenters. The van der Waals surface area contributed by atoms with Crippen LogP contribution in [-0.2, 0) is 9.53 Å². The van der Waals surface area contributed by atoms with Crippen molar-refractivity contribution in [3.63, 3.8) is 0 Å². The van der Waals surface area contributed by atoms with Crippen LogP contribution in [0.4, 0.5) is 0 Å². The summed E-state index contributed by atoms with van der Waals surface area (Å²) >= 11 is 12.7. The molecule has 3 aliphatic rings. The van der Waals surface area contributed by atoms with Crippen molar-refractivity contribution < 1.29 is 9.53 Å². The number of nitrogens with zero attached hydrogens (tertiary/aromatic N) is 1. The smallest absolute Gasteiger partial charge is 0.310 e. The summed E-state index contributed by atoms with van der Waals surface area (Å²) in [5, 5.41) is 0.128. The highest BCUT2D eigenvalue weighted by Gasteiger charge is 2.51. The van der Waals surface area contributed by atoms with E-state index in [4.69, 9.17) is 27.9 Å². The van der Waals surface area contributed by atoms with Crippen molar-refractivity contribution in [3.8, 4) is 0 Å². The molecular weight excluding hydrogens is 309 g/mol. The molecule has 0 radical (unpaired) electrons. The summed E-state index contributed by atoms with van der Waals surface area (Å²) < 4.78 is 5.13. The third-order valence-corrected chi connectivity index (χ3v) is 7.26. The molecule has 120 valence electrons. The summed E-state index contributed by atoms with van der Waals surface area (Å²) in [4.78, 5) is 14.8. The number of carbonyl (C=O) groups is 1. The first kappa shape index (κ1) is 15.9. The van der Waals surface area contributed by atoms with E-state index >= 15 is 0 Å². The van der Waals surface area contributed by atoms with E-state index in [1.54, 1.807) is 0 Å². The first-order valence-electron chi connectivity index (χ1n) is 8.10. The predicted molar refractivity (Wildman–Crippen MR) is 84.8 cm³/mol. The highest BCUT2D eigenvalue weighted by atomic mass is 35.5. The van der Waals surface area contributed by atoms with Gasteiger partial charge in [0.25, 0.3) is 0 Å². The van der Waals surface area contributed by atoms with Crippen molar-refractivity contribution in [1.29, 1.82) is 0 Å². The van der Waals surface area contributed by atoms with Crippen LogP contribution in [0.3, 0.4) is 0 Å². The maximum atomic E-state index is 12.4. The zero-order valence-corrected chi connectivity index (χ0v) is 14.3. The normalized spacial score (nSPS) is 47.3. The molecule has 1 aliphatic carbocycles. The highest BCUT2D eigenvalue weighted by molar-refractivity contribution is 6.30. The monoisotopic (exact) mass is 333 g/mol. The molecule has 2 bridgehead atoms. The Morgan fingerprint density at radius 1 is 1.10 bits per heavy atom. The van der Waals surface area contributed by atoms with Gasteiger partial charge < -0.3 is 4.74 Å². The molecule has 0 amide bonds. The fraction of sp³-hybridized carbons (Fsp3) is 0.938. The Morgan fingerprint density at radius 3 is 2.52 bits per heavy atom. The molecule has 0 aromatic heterocycles. The van der Waals surface area contributed by atoms with E-state index in [9.17, 15) is 4.79 Å². The molecule has 0 aromatic rings. The third kappa shape index (κ3) is 2.82. The number of methoxy groups -OCH3 is 1. The number of hydrogen-bond acceptors (Lipinski definition) is 3. The van der Waals surface area contributed by atoms with Crippen molar-refractivity contribution in [3.05, 3.63) is 0 Å². The SMILES string of the molecule is COC(=O)C1C2CCC(C[C@@H]1C1CCC(Cl)C(Cl)C1)N2C. The Bertz CT molecular complexity index is 406. The minimum atomic E-state index is -0.0312. The molecular formula is C16H25Cl2NO2. The van der Waals surface area contributed by atoms with Crippen LogP contribution in [0.1, 0.15) is 38.5 Å².